The van der Waals surface area contributed by atoms with Crippen LogP contribution in [0.4, 0.5) is 5.69 Å². The molecule has 3 heterocycles. The Morgan fingerprint density at radius 3 is 2.65 bits per heavy atom. The number of fused-ring (bicyclic) bond motifs is 7. The lowest BCUT2D eigenvalue weighted by atomic mass is 9.81. The molecule has 0 radical (unpaired) electrons. The summed E-state index contributed by atoms with van der Waals surface area (Å²) in [4.78, 5) is 4.70. The molecule has 2 aliphatic heterocycles. The van der Waals surface area contributed by atoms with E-state index in [0.29, 0.717) is 18.0 Å². The largest absolute Gasteiger partial charge is 0.454 e. The van der Waals surface area contributed by atoms with Crippen LogP contribution >= 0.6 is 0 Å². The summed E-state index contributed by atoms with van der Waals surface area (Å²) in [7, 11) is 2.16. The van der Waals surface area contributed by atoms with Gasteiger partial charge in [0, 0.05) is 36.1 Å². The van der Waals surface area contributed by atoms with E-state index in [1.807, 2.05) is 6.07 Å². The van der Waals surface area contributed by atoms with Crippen molar-refractivity contribution in [3.8, 4) is 0 Å². The van der Waals surface area contributed by atoms with E-state index in [0.717, 1.165) is 11.2 Å². The van der Waals surface area contributed by atoms with Crippen molar-refractivity contribution in [3.05, 3.63) is 54.4 Å². The highest BCUT2D eigenvalue weighted by molar-refractivity contribution is 6.10. The van der Waals surface area contributed by atoms with Crippen LogP contribution in [-0.2, 0) is 0 Å². The fraction of sp³-hybridized carbons (Fsp3) is 0.300. The van der Waals surface area contributed by atoms with Gasteiger partial charge in [-0.2, -0.15) is 0 Å². The average molecular weight is 304 g/mol. The topological polar surface area (TPSA) is 19.6 Å². The van der Waals surface area contributed by atoms with Gasteiger partial charge in [-0.15, -0.1) is 0 Å². The van der Waals surface area contributed by atoms with E-state index in [4.69, 9.17) is 4.42 Å². The monoisotopic (exact) mass is 304 g/mol. The van der Waals surface area contributed by atoms with Crippen molar-refractivity contribution in [2.75, 3.05) is 11.9 Å². The summed E-state index contributed by atoms with van der Waals surface area (Å²) < 4.78 is 6.28. The standard InChI is InChI=1S/C20H20N2O/c1-12-13(2)20-21(3)10-11-22(20)18-14(12)8-9-16-15-6-4-5-7-17(15)23-19(16)18/h4-13,20H,1-3H3. The zero-order valence-corrected chi connectivity index (χ0v) is 13.7. The second-order valence-corrected chi connectivity index (χ2v) is 6.91. The minimum Gasteiger partial charge on any atom is -0.454 e. The van der Waals surface area contributed by atoms with Gasteiger partial charge in [0.15, 0.2) is 5.58 Å². The third kappa shape index (κ3) is 1.55. The fourth-order valence-electron chi connectivity index (χ4n) is 4.35. The van der Waals surface area contributed by atoms with Gasteiger partial charge in [0.2, 0.25) is 0 Å². The normalized spacial score (nSPS) is 26.1. The second-order valence-electron chi connectivity index (χ2n) is 6.91. The van der Waals surface area contributed by atoms with Gasteiger partial charge in [0.05, 0.1) is 5.69 Å². The Labute approximate surface area is 135 Å². The zero-order valence-electron chi connectivity index (χ0n) is 13.7. The van der Waals surface area contributed by atoms with Crippen molar-refractivity contribution in [2.45, 2.75) is 25.9 Å². The number of furan rings is 1. The molecule has 0 saturated heterocycles. The minimum absolute atomic E-state index is 0.372. The van der Waals surface area contributed by atoms with Gasteiger partial charge in [0.25, 0.3) is 0 Å². The third-order valence-corrected chi connectivity index (χ3v) is 5.72. The average Bonchev–Trinajstić information content (AvgIpc) is 3.12. The molecular formula is C20H20N2O. The van der Waals surface area contributed by atoms with E-state index < -0.39 is 0 Å². The van der Waals surface area contributed by atoms with E-state index in [1.54, 1.807) is 0 Å². The van der Waals surface area contributed by atoms with Gasteiger partial charge in [-0.25, -0.2) is 0 Å². The molecule has 5 rings (SSSR count). The molecule has 3 nitrogen and oxygen atoms in total. The first-order valence-corrected chi connectivity index (χ1v) is 8.29. The smallest absolute Gasteiger partial charge is 0.159 e. The third-order valence-electron chi connectivity index (χ3n) is 5.72. The highest BCUT2D eigenvalue weighted by atomic mass is 16.3. The number of para-hydroxylation sites is 1. The molecule has 1 aromatic heterocycles. The Hall–Kier alpha value is -2.42. The maximum absolute atomic E-state index is 6.28. The van der Waals surface area contributed by atoms with E-state index in [9.17, 15) is 0 Å². The molecule has 0 N–H and O–H groups in total. The predicted molar refractivity (Wildman–Crippen MR) is 94.5 cm³/mol. The molecule has 0 fully saturated rings. The maximum atomic E-state index is 6.28. The van der Waals surface area contributed by atoms with Gasteiger partial charge >= 0.3 is 0 Å². The maximum Gasteiger partial charge on any atom is 0.159 e. The molecule has 116 valence electrons. The number of anilines is 1. The Morgan fingerprint density at radius 1 is 0.957 bits per heavy atom. The molecule has 0 amide bonds. The molecule has 23 heavy (non-hydrogen) atoms. The summed E-state index contributed by atoms with van der Waals surface area (Å²) in [5, 5.41) is 2.41. The van der Waals surface area contributed by atoms with E-state index >= 15 is 0 Å². The van der Waals surface area contributed by atoms with Crippen molar-refractivity contribution in [3.63, 3.8) is 0 Å². The zero-order chi connectivity index (χ0) is 15.7. The molecule has 0 bridgehead atoms. The van der Waals surface area contributed by atoms with Gasteiger partial charge in [-0.1, -0.05) is 44.2 Å². The molecule has 3 aromatic rings. The van der Waals surface area contributed by atoms with Crippen LogP contribution in [0.15, 0.2) is 53.2 Å². The molecule has 3 unspecified atom stereocenters. The summed E-state index contributed by atoms with van der Waals surface area (Å²) in [5.41, 5.74) is 4.62. The molecular weight excluding hydrogens is 284 g/mol. The number of nitrogens with zero attached hydrogens (tertiary/aromatic N) is 2. The van der Waals surface area contributed by atoms with Crippen molar-refractivity contribution >= 4 is 27.6 Å². The number of hydrogen-bond donors (Lipinski definition) is 0. The fourth-order valence-corrected chi connectivity index (χ4v) is 4.35. The first-order valence-electron chi connectivity index (χ1n) is 8.29. The molecule has 2 aliphatic rings. The van der Waals surface area contributed by atoms with E-state index in [-0.39, 0.29) is 0 Å². The molecule has 3 atom stereocenters. The van der Waals surface area contributed by atoms with Crippen LogP contribution in [0.5, 0.6) is 0 Å². The highest BCUT2D eigenvalue weighted by Gasteiger charge is 2.41. The van der Waals surface area contributed by atoms with Gasteiger partial charge in [-0.05, 0) is 17.5 Å². The van der Waals surface area contributed by atoms with Crippen LogP contribution in [0.3, 0.4) is 0 Å². The van der Waals surface area contributed by atoms with Crippen LogP contribution < -0.4 is 4.90 Å². The predicted octanol–water partition coefficient (Wildman–Crippen LogP) is 4.89. The van der Waals surface area contributed by atoms with E-state index in [2.05, 4.69) is 73.4 Å². The van der Waals surface area contributed by atoms with Crippen LogP contribution in [0.2, 0.25) is 0 Å². The SMILES string of the molecule is CC1c2ccc3c(oc4ccccc43)c2N2C=CN(C)C2C1C. The van der Waals surface area contributed by atoms with Gasteiger partial charge in [0.1, 0.15) is 11.7 Å². The lowest BCUT2D eigenvalue weighted by molar-refractivity contribution is 0.234. The van der Waals surface area contributed by atoms with Crippen LogP contribution in [0.1, 0.15) is 25.3 Å². The second kappa shape index (κ2) is 4.31. The number of benzene rings is 2. The minimum atomic E-state index is 0.372. The Bertz CT molecular complexity index is 955. The molecule has 0 aliphatic carbocycles. The van der Waals surface area contributed by atoms with Crippen molar-refractivity contribution in [1.29, 1.82) is 0 Å². The lowest BCUT2D eigenvalue weighted by Gasteiger charge is -2.43. The van der Waals surface area contributed by atoms with Gasteiger partial charge < -0.3 is 14.2 Å². The molecule has 3 heteroatoms. The van der Waals surface area contributed by atoms with Crippen molar-refractivity contribution < 1.29 is 4.42 Å². The first kappa shape index (κ1) is 13.1. The Balaban J connectivity index is 1.87. The lowest BCUT2D eigenvalue weighted by Crippen LogP contribution is -2.47. The summed E-state index contributed by atoms with van der Waals surface area (Å²) in [6.45, 7) is 4.68. The van der Waals surface area contributed by atoms with Crippen LogP contribution in [0.25, 0.3) is 21.9 Å². The quantitative estimate of drug-likeness (QED) is 0.589. The molecule has 2 aromatic carbocycles. The Morgan fingerprint density at radius 2 is 1.78 bits per heavy atom. The molecule has 0 spiro atoms. The van der Waals surface area contributed by atoms with Crippen LogP contribution in [0, 0.1) is 5.92 Å². The highest BCUT2D eigenvalue weighted by Crippen LogP contribution is 2.49. The molecule has 0 saturated carbocycles. The summed E-state index contributed by atoms with van der Waals surface area (Å²) in [5.74, 6) is 1.07. The summed E-state index contributed by atoms with van der Waals surface area (Å²) in [6, 6.07) is 12.8. The number of rotatable bonds is 0. The van der Waals surface area contributed by atoms with E-state index in [1.165, 1.54) is 22.0 Å². The van der Waals surface area contributed by atoms with Crippen molar-refractivity contribution in [2.24, 2.45) is 5.92 Å². The van der Waals surface area contributed by atoms with Gasteiger partial charge in [-0.3, -0.25) is 0 Å². The summed E-state index contributed by atoms with van der Waals surface area (Å²) >= 11 is 0. The van der Waals surface area contributed by atoms with Crippen molar-refractivity contribution in [1.82, 2.24) is 4.90 Å². The summed E-state index contributed by atoms with van der Waals surface area (Å²) in [6.07, 6.45) is 4.74. The number of hydrogen-bond acceptors (Lipinski definition) is 3. The van der Waals surface area contributed by atoms with Crippen LogP contribution in [-0.4, -0.2) is 18.1 Å². The Kier molecular flexibility index (Phi) is 2.45. The first-order chi connectivity index (χ1) is 11.2.